The Morgan fingerprint density at radius 2 is 1.72 bits per heavy atom. The van der Waals surface area contributed by atoms with E-state index in [-0.39, 0.29) is 18.2 Å². The molecule has 0 spiro atoms. The molecule has 2 aromatic carbocycles. The second-order valence-corrected chi connectivity index (χ2v) is 6.22. The predicted octanol–water partition coefficient (Wildman–Crippen LogP) is 3.80. The van der Waals surface area contributed by atoms with Crippen LogP contribution in [0.4, 0.5) is 5.69 Å². The van der Waals surface area contributed by atoms with Crippen molar-refractivity contribution in [2.75, 3.05) is 13.7 Å². The van der Waals surface area contributed by atoms with E-state index in [2.05, 4.69) is 0 Å². The molecule has 0 aliphatic carbocycles. The fraction of sp³-hybridized carbons (Fsp3) is 0.190. The van der Waals surface area contributed by atoms with Crippen LogP contribution in [0.15, 0.2) is 71.3 Å². The maximum absolute atomic E-state index is 12.8. The standard InChI is InChI=1S/C21H20N2O6/c1-27-18-8-4-16(5-9-18)13-22(14-20-3-2-12-28-20)21(24)15-29-19-10-6-17(7-11-19)23(25)26/h2-12H,13-15H2,1H3. The lowest BCUT2D eigenvalue weighted by atomic mass is 10.2. The average molecular weight is 396 g/mol. The minimum Gasteiger partial charge on any atom is -0.497 e. The van der Waals surface area contributed by atoms with Gasteiger partial charge in [-0.15, -0.1) is 0 Å². The van der Waals surface area contributed by atoms with Gasteiger partial charge in [0, 0.05) is 18.7 Å². The molecule has 8 nitrogen and oxygen atoms in total. The molecular weight excluding hydrogens is 376 g/mol. The quantitative estimate of drug-likeness (QED) is 0.403. The van der Waals surface area contributed by atoms with Gasteiger partial charge in [-0.05, 0) is 42.0 Å². The highest BCUT2D eigenvalue weighted by molar-refractivity contribution is 5.77. The number of hydrogen-bond acceptors (Lipinski definition) is 6. The third kappa shape index (κ3) is 5.58. The second kappa shape index (κ2) is 9.41. The zero-order valence-electron chi connectivity index (χ0n) is 15.8. The van der Waals surface area contributed by atoms with Crippen molar-refractivity contribution in [2.45, 2.75) is 13.1 Å². The van der Waals surface area contributed by atoms with Crippen LogP contribution in [0.3, 0.4) is 0 Å². The summed E-state index contributed by atoms with van der Waals surface area (Å²) in [5, 5.41) is 10.7. The summed E-state index contributed by atoms with van der Waals surface area (Å²) in [6, 6.07) is 16.6. The molecule has 0 atom stereocenters. The zero-order valence-corrected chi connectivity index (χ0v) is 15.8. The Morgan fingerprint density at radius 1 is 1.03 bits per heavy atom. The molecule has 0 radical (unpaired) electrons. The number of methoxy groups -OCH3 is 1. The topological polar surface area (TPSA) is 95.0 Å². The average Bonchev–Trinajstić information content (AvgIpc) is 3.25. The molecule has 3 aromatic rings. The molecule has 29 heavy (non-hydrogen) atoms. The highest BCUT2D eigenvalue weighted by Gasteiger charge is 2.17. The molecule has 1 aromatic heterocycles. The van der Waals surface area contributed by atoms with Crippen molar-refractivity contribution in [3.63, 3.8) is 0 Å². The first-order chi connectivity index (χ1) is 14.0. The number of ether oxygens (including phenoxy) is 2. The fourth-order valence-electron chi connectivity index (χ4n) is 2.67. The van der Waals surface area contributed by atoms with Gasteiger partial charge in [0.05, 0.1) is 24.8 Å². The molecule has 8 heteroatoms. The van der Waals surface area contributed by atoms with Crippen LogP contribution in [-0.2, 0) is 17.9 Å². The van der Waals surface area contributed by atoms with Crippen molar-refractivity contribution < 1.29 is 23.6 Å². The first-order valence-electron chi connectivity index (χ1n) is 8.85. The van der Waals surface area contributed by atoms with Gasteiger partial charge in [-0.25, -0.2) is 0 Å². The van der Waals surface area contributed by atoms with Crippen LogP contribution in [0.2, 0.25) is 0 Å². The van der Waals surface area contributed by atoms with E-state index in [0.29, 0.717) is 24.6 Å². The largest absolute Gasteiger partial charge is 0.497 e. The molecular formula is C21H20N2O6. The van der Waals surface area contributed by atoms with Crippen molar-refractivity contribution in [1.29, 1.82) is 0 Å². The van der Waals surface area contributed by atoms with E-state index in [4.69, 9.17) is 13.9 Å². The molecule has 150 valence electrons. The van der Waals surface area contributed by atoms with Gasteiger partial charge in [-0.3, -0.25) is 14.9 Å². The number of amides is 1. The number of nitro benzene ring substituents is 1. The predicted molar refractivity (Wildman–Crippen MR) is 105 cm³/mol. The number of carbonyl (C=O) groups excluding carboxylic acids is 1. The summed E-state index contributed by atoms with van der Waals surface area (Å²) in [6.45, 7) is 0.462. The van der Waals surface area contributed by atoms with Crippen LogP contribution in [0.5, 0.6) is 11.5 Å². The van der Waals surface area contributed by atoms with Gasteiger partial charge >= 0.3 is 0 Å². The van der Waals surface area contributed by atoms with Crippen molar-refractivity contribution in [3.05, 3.63) is 88.4 Å². The van der Waals surface area contributed by atoms with Crippen LogP contribution in [0.1, 0.15) is 11.3 Å². The van der Waals surface area contributed by atoms with Crippen molar-refractivity contribution in [2.24, 2.45) is 0 Å². The maximum Gasteiger partial charge on any atom is 0.269 e. The Balaban J connectivity index is 1.66. The van der Waals surface area contributed by atoms with Crippen molar-refractivity contribution in [3.8, 4) is 11.5 Å². The summed E-state index contributed by atoms with van der Waals surface area (Å²) in [6.07, 6.45) is 1.55. The number of rotatable bonds is 9. The van der Waals surface area contributed by atoms with Gasteiger partial charge in [0.25, 0.3) is 11.6 Å². The van der Waals surface area contributed by atoms with E-state index < -0.39 is 4.92 Å². The zero-order chi connectivity index (χ0) is 20.6. The van der Waals surface area contributed by atoms with Crippen molar-refractivity contribution in [1.82, 2.24) is 4.90 Å². The fourth-order valence-corrected chi connectivity index (χ4v) is 2.67. The maximum atomic E-state index is 12.8. The Kier molecular flexibility index (Phi) is 6.47. The summed E-state index contributed by atoms with van der Waals surface area (Å²) in [7, 11) is 1.59. The second-order valence-electron chi connectivity index (χ2n) is 6.22. The first kappa shape index (κ1) is 19.9. The minimum absolute atomic E-state index is 0.0392. The third-order valence-electron chi connectivity index (χ3n) is 4.22. The smallest absolute Gasteiger partial charge is 0.269 e. The molecule has 0 bridgehead atoms. The molecule has 0 saturated heterocycles. The number of benzene rings is 2. The Morgan fingerprint density at radius 3 is 2.31 bits per heavy atom. The number of carbonyl (C=O) groups is 1. The molecule has 1 heterocycles. The van der Waals surface area contributed by atoms with Crippen LogP contribution in [-0.4, -0.2) is 29.4 Å². The number of nitro groups is 1. The number of furan rings is 1. The van der Waals surface area contributed by atoms with Crippen LogP contribution in [0.25, 0.3) is 0 Å². The highest BCUT2D eigenvalue weighted by atomic mass is 16.6. The van der Waals surface area contributed by atoms with E-state index in [9.17, 15) is 14.9 Å². The van der Waals surface area contributed by atoms with Crippen molar-refractivity contribution >= 4 is 11.6 Å². The number of hydrogen-bond donors (Lipinski definition) is 0. The van der Waals surface area contributed by atoms with Gasteiger partial charge < -0.3 is 18.8 Å². The van der Waals surface area contributed by atoms with Gasteiger partial charge in [0.15, 0.2) is 6.61 Å². The van der Waals surface area contributed by atoms with Gasteiger partial charge in [-0.2, -0.15) is 0 Å². The van der Waals surface area contributed by atoms with E-state index >= 15 is 0 Å². The molecule has 0 fully saturated rings. The Bertz CT molecular complexity index is 936. The molecule has 0 N–H and O–H groups in total. The molecule has 0 unspecified atom stereocenters. The summed E-state index contributed by atoms with van der Waals surface area (Å²) >= 11 is 0. The van der Waals surface area contributed by atoms with E-state index in [1.54, 1.807) is 30.4 Å². The highest BCUT2D eigenvalue weighted by Crippen LogP contribution is 2.18. The van der Waals surface area contributed by atoms with E-state index in [1.807, 2.05) is 24.3 Å². The van der Waals surface area contributed by atoms with E-state index in [1.165, 1.54) is 24.3 Å². The normalized spacial score (nSPS) is 10.4. The summed E-state index contributed by atoms with van der Waals surface area (Å²) in [4.78, 5) is 24.6. The summed E-state index contributed by atoms with van der Waals surface area (Å²) < 4.78 is 16.0. The summed E-state index contributed by atoms with van der Waals surface area (Å²) in [5.41, 5.74) is 0.892. The van der Waals surface area contributed by atoms with Crippen LogP contribution in [0, 0.1) is 10.1 Å². The molecule has 0 aliphatic heterocycles. The first-order valence-corrected chi connectivity index (χ1v) is 8.85. The third-order valence-corrected chi connectivity index (χ3v) is 4.22. The molecule has 0 saturated carbocycles. The Hall–Kier alpha value is -3.81. The van der Waals surface area contributed by atoms with E-state index in [0.717, 1.165) is 11.3 Å². The molecule has 1 amide bonds. The monoisotopic (exact) mass is 396 g/mol. The van der Waals surface area contributed by atoms with Gasteiger partial charge in [0.2, 0.25) is 0 Å². The molecule has 3 rings (SSSR count). The minimum atomic E-state index is -0.491. The van der Waals surface area contributed by atoms with Gasteiger partial charge in [0.1, 0.15) is 17.3 Å². The SMILES string of the molecule is COc1ccc(CN(Cc2ccco2)C(=O)COc2ccc([N+](=O)[O-])cc2)cc1. The number of non-ortho nitro benzene ring substituents is 1. The van der Waals surface area contributed by atoms with Crippen LogP contribution >= 0.6 is 0 Å². The Labute approximate surface area is 167 Å². The van der Waals surface area contributed by atoms with Crippen LogP contribution < -0.4 is 9.47 Å². The molecule has 0 aliphatic rings. The lowest BCUT2D eigenvalue weighted by Gasteiger charge is -2.22. The lowest BCUT2D eigenvalue weighted by molar-refractivity contribution is -0.384. The lowest BCUT2D eigenvalue weighted by Crippen LogP contribution is -2.34. The number of nitrogens with zero attached hydrogens (tertiary/aromatic N) is 2. The summed E-state index contributed by atoms with van der Waals surface area (Å²) in [5.74, 6) is 1.53. The van der Waals surface area contributed by atoms with Gasteiger partial charge in [-0.1, -0.05) is 12.1 Å².